The van der Waals surface area contributed by atoms with E-state index in [1.807, 2.05) is 0 Å². The molecule has 4 nitrogen and oxygen atoms in total. The van der Waals surface area contributed by atoms with Crippen LogP contribution in [0, 0.1) is 5.82 Å². The third kappa shape index (κ3) is 3.98. The number of aromatic nitrogens is 2. The summed E-state index contributed by atoms with van der Waals surface area (Å²) in [5.41, 5.74) is 0.593. The number of rotatable bonds is 7. The summed E-state index contributed by atoms with van der Waals surface area (Å²) in [6.07, 6.45) is 4.87. The molecular formula is C16H20FN3O. The minimum atomic E-state index is -0.320. The van der Waals surface area contributed by atoms with Crippen LogP contribution in [0.5, 0.6) is 5.75 Å². The lowest BCUT2D eigenvalue weighted by molar-refractivity contribution is 0.382. The van der Waals surface area contributed by atoms with Crippen molar-refractivity contribution >= 4 is 0 Å². The molecule has 112 valence electrons. The van der Waals surface area contributed by atoms with E-state index in [4.69, 9.17) is 4.74 Å². The Hall–Kier alpha value is -2.01. The maximum atomic E-state index is 14.3. The van der Waals surface area contributed by atoms with Crippen molar-refractivity contribution in [1.29, 1.82) is 0 Å². The van der Waals surface area contributed by atoms with Crippen molar-refractivity contribution < 1.29 is 9.13 Å². The molecule has 0 radical (unpaired) electrons. The summed E-state index contributed by atoms with van der Waals surface area (Å²) in [7, 11) is 1.47. The summed E-state index contributed by atoms with van der Waals surface area (Å²) in [6.45, 7) is 2.91. The Balaban J connectivity index is 2.23. The average Bonchev–Trinajstić information content (AvgIpc) is 2.53. The third-order valence-electron chi connectivity index (χ3n) is 3.23. The fraction of sp³-hybridized carbons (Fsp3) is 0.375. The zero-order valence-electron chi connectivity index (χ0n) is 12.3. The molecule has 1 aromatic carbocycles. The molecule has 0 bridgehead atoms. The zero-order valence-corrected chi connectivity index (χ0v) is 12.3. The Kier molecular flexibility index (Phi) is 5.63. The first-order valence-corrected chi connectivity index (χ1v) is 7.08. The first kappa shape index (κ1) is 15.4. The lowest BCUT2D eigenvalue weighted by Gasteiger charge is -2.18. The lowest BCUT2D eigenvalue weighted by Crippen LogP contribution is -2.26. The van der Waals surface area contributed by atoms with Crippen molar-refractivity contribution in [2.24, 2.45) is 0 Å². The van der Waals surface area contributed by atoms with E-state index < -0.39 is 0 Å². The standard InChI is InChI=1S/C16H20FN3O/c1-3-8-18-13(16-19-9-5-10-20-16)11-12-6-4-7-14(21-2)15(12)17/h4-7,9-10,13,18H,3,8,11H2,1-2H3. The molecule has 5 heteroatoms. The molecular weight excluding hydrogens is 269 g/mol. The number of nitrogens with zero attached hydrogens (tertiary/aromatic N) is 2. The van der Waals surface area contributed by atoms with Gasteiger partial charge in [0, 0.05) is 12.4 Å². The van der Waals surface area contributed by atoms with Crippen LogP contribution in [-0.2, 0) is 6.42 Å². The van der Waals surface area contributed by atoms with Crippen LogP contribution in [0.15, 0.2) is 36.7 Å². The van der Waals surface area contributed by atoms with Gasteiger partial charge in [0.25, 0.3) is 0 Å². The molecule has 0 aliphatic heterocycles. The lowest BCUT2D eigenvalue weighted by atomic mass is 10.0. The molecule has 2 rings (SSSR count). The number of halogens is 1. The Labute approximate surface area is 124 Å². The molecule has 21 heavy (non-hydrogen) atoms. The molecule has 0 aliphatic rings. The van der Waals surface area contributed by atoms with Gasteiger partial charge in [0.1, 0.15) is 5.82 Å². The molecule has 2 aromatic rings. The van der Waals surface area contributed by atoms with Crippen LogP contribution in [0.1, 0.15) is 30.8 Å². The average molecular weight is 289 g/mol. The highest BCUT2D eigenvalue weighted by atomic mass is 19.1. The van der Waals surface area contributed by atoms with Crippen LogP contribution in [0.3, 0.4) is 0 Å². The van der Waals surface area contributed by atoms with E-state index in [9.17, 15) is 4.39 Å². The van der Waals surface area contributed by atoms with Gasteiger partial charge < -0.3 is 10.1 Å². The predicted molar refractivity (Wildman–Crippen MR) is 79.7 cm³/mol. The molecule has 1 unspecified atom stereocenters. The second-order valence-corrected chi connectivity index (χ2v) is 4.75. The molecule has 1 heterocycles. The van der Waals surface area contributed by atoms with Crippen LogP contribution in [0.2, 0.25) is 0 Å². The monoisotopic (exact) mass is 289 g/mol. The predicted octanol–water partition coefficient (Wildman–Crippen LogP) is 2.91. The first-order valence-electron chi connectivity index (χ1n) is 7.08. The van der Waals surface area contributed by atoms with E-state index in [2.05, 4.69) is 22.2 Å². The summed E-state index contributed by atoms with van der Waals surface area (Å²) in [5.74, 6) is 0.614. The van der Waals surface area contributed by atoms with Gasteiger partial charge >= 0.3 is 0 Å². The first-order chi connectivity index (χ1) is 10.3. The number of ether oxygens (including phenoxy) is 1. The van der Waals surface area contributed by atoms with E-state index in [1.165, 1.54) is 7.11 Å². The Bertz CT molecular complexity index is 563. The number of nitrogens with one attached hydrogen (secondary N) is 1. The highest BCUT2D eigenvalue weighted by Crippen LogP contribution is 2.24. The highest BCUT2D eigenvalue weighted by molar-refractivity contribution is 5.31. The molecule has 0 spiro atoms. The molecule has 1 atom stereocenters. The normalized spacial score (nSPS) is 12.1. The molecule has 0 fully saturated rings. The van der Waals surface area contributed by atoms with E-state index in [0.717, 1.165) is 13.0 Å². The number of hydrogen-bond acceptors (Lipinski definition) is 4. The fourth-order valence-electron chi connectivity index (χ4n) is 2.16. The number of hydrogen-bond donors (Lipinski definition) is 1. The fourth-order valence-corrected chi connectivity index (χ4v) is 2.16. The second kappa shape index (κ2) is 7.69. The van der Waals surface area contributed by atoms with Gasteiger partial charge in [-0.1, -0.05) is 19.1 Å². The molecule has 0 saturated heterocycles. The highest BCUT2D eigenvalue weighted by Gasteiger charge is 2.17. The maximum Gasteiger partial charge on any atom is 0.168 e. The van der Waals surface area contributed by atoms with Gasteiger partial charge in [-0.05, 0) is 37.1 Å². The van der Waals surface area contributed by atoms with Crippen LogP contribution < -0.4 is 10.1 Å². The third-order valence-corrected chi connectivity index (χ3v) is 3.23. The minimum absolute atomic E-state index is 0.118. The second-order valence-electron chi connectivity index (χ2n) is 4.75. The van der Waals surface area contributed by atoms with Gasteiger partial charge in [-0.3, -0.25) is 0 Å². The molecule has 1 N–H and O–H groups in total. The zero-order chi connectivity index (χ0) is 15.1. The van der Waals surface area contributed by atoms with E-state index in [0.29, 0.717) is 17.8 Å². The summed E-state index contributed by atoms with van der Waals surface area (Å²) in [5, 5.41) is 3.37. The largest absolute Gasteiger partial charge is 0.494 e. The Morgan fingerprint density at radius 2 is 2.00 bits per heavy atom. The van der Waals surface area contributed by atoms with Crippen molar-refractivity contribution in [2.75, 3.05) is 13.7 Å². The van der Waals surface area contributed by atoms with Crippen molar-refractivity contribution in [2.45, 2.75) is 25.8 Å². The van der Waals surface area contributed by atoms with E-state index in [-0.39, 0.29) is 17.6 Å². The molecule has 0 amide bonds. The summed E-state index contributed by atoms with van der Waals surface area (Å²) < 4.78 is 19.3. The summed E-state index contributed by atoms with van der Waals surface area (Å²) in [6, 6.07) is 6.83. The van der Waals surface area contributed by atoms with Gasteiger partial charge in [-0.25, -0.2) is 14.4 Å². The SMILES string of the molecule is CCCNC(Cc1cccc(OC)c1F)c1ncccn1. The molecule has 0 aliphatic carbocycles. The number of methoxy groups -OCH3 is 1. The van der Waals surface area contributed by atoms with Gasteiger partial charge in [0.05, 0.1) is 13.2 Å². The van der Waals surface area contributed by atoms with E-state index >= 15 is 0 Å². The maximum absolute atomic E-state index is 14.3. The van der Waals surface area contributed by atoms with Crippen LogP contribution in [0.4, 0.5) is 4.39 Å². The van der Waals surface area contributed by atoms with Crippen molar-refractivity contribution in [3.8, 4) is 5.75 Å². The smallest absolute Gasteiger partial charge is 0.168 e. The molecule has 0 saturated carbocycles. The van der Waals surface area contributed by atoms with Crippen LogP contribution in [0.25, 0.3) is 0 Å². The van der Waals surface area contributed by atoms with Gasteiger partial charge in [0.15, 0.2) is 11.6 Å². The minimum Gasteiger partial charge on any atom is -0.494 e. The van der Waals surface area contributed by atoms with Gasteiger partial charge in [0.2, 0.25) is 0 Å². The van der Waals surface area contributed by atoms with Crippen LogP contribution in [-0.4, -0.2) is 23.6 Å². The summed E-state index contributed by atoms with van der Waals surface area (Å²) >= 11 is 0. The Morgan fingerprint density at radius 1 is 1.24 bits per heavy atom. The quantitative estimate of drug-likeness (QED) is 0.851. The van der Waals surface area contributed by atoms with Crippen molar-refractivity contribution in [3.05, 3.63) is 53.9 Å². The Morgan fingerprint density at radius 3 is 2.67 bits per heavy atom. The molecule has 1 aromatic heterocycles. The number of benzene rings is 1. The van der Waals surface area contributed by atoms with Crippen molar-refractivity contribution in [1.82, 2.24) is 15.3 Å². The summed E-state index contributed by atoms with van der Waals surface area (Å²) in [4.78, 5) is 8.55. The topological polar surface area (TPSA) is 47.0 Å². The van der Waals surface area contributed by atoms with Crippen molar-refractivity contribution in [3.63, 3.8) is 0 Å². The van der Waals surface area contributed by atoms with E-state index in [1.54, 1.807) is 36.7 Å². The van der Waals surface area contributed by atoms with Crippen LogP contribution >= 0.6 is 0 Å². The van der Waals surface area contributed by atoms with Gasteiger partial charge in [-0.2, -0.15) is 0 Å². The van der Waals surface area contributed by atoms with Gasteiger partial charge in [-0.15, -0.1) is 0 Å².